The Bertz CT molecular complexity index is 301. The van der Waals surface area contributed by atoms with Crippen molar-refractivity contribution in [1.82, 2.24) is 9.78 Å². The Morgan fingerprint density at radius 2 is 2.42 bits per heavy atom. The van der Waals surface area contributed by atoms with Gasteiger partial charge in [-0.2, -0.15) is 0 Å². The molecule has 2 N–H and O–H groups in total. The summed E-state index contributed by atoms with van der Waals surface area (Å²) in [5.74, 6) is 0.671. The molecule has 1 fully saturated rings. The van der Waals surface area contributed by atoms with Gasteiger partial charge in [0.25, 0.3) is 0 Å². The predicted octanol–water partition coefficient (Wildman–Crippen LogP) is 0.906. The lowest BCUT2D eigenvalue weighted by Crippen LogP contribution is -2.27. The average molecular weight is 165 g/mol. The van der Waals surface area contributed by atoms with E-state index in [1.54, 1.807) is 12.3 Å². The van der Waals surface area contributed by atoms with Crippen molar-refractivity contribution < 1.29 is 4.79 Å². The smallest absolute Gasteiger partial charge is 0.250 e. The van der Waals surface area contributed by atoms with Crippen LogP contribution in [0.5, 0.6) is 0 Å². The molecular weight excluding hydrogens is 154 g/mol. The highest BCUT2D eigenvalue weighted by Crippen LogP contribution is 2.27. The summed E-state index contributed by atoms with van der Waals surface area (Å²) in [6, 6.07) is 1.64. The fourth-order valence-corrected chi connectivity index (χ4v) is 1.30. The van der Waals surface area contributed by atoms with Crippen LogP contribution in [0, 0.1) is 5.92 Å². The first-order valence-electron chi connectivity index (χ1n) is 4.13. The van der Waals surface area contributed by atoms with Crippen LogP contribution in [-0.2, 0) is 0 Å². The maximum Gasteiger partial charge on any atom is 0.250 e. The summed E-state index contributed by atoms with van der Waals surface area (Å²) in [6.45, 7) is 0. The van der Waals surface area contributed by atoms with Gasteiger partial charge in [-0.15, -0.1) is 5.10 Å². The van der Waals surface area contributed by atoms with Crippen molar-refractivity contribution in [2.45, 2.75) is 19.3 Å². The third kappa shape index (κ3) is 1.09. The lowest BCUT2D eigenvalue weighted by atomic mass is 9.85. The minimum Gasteiger partial charge on any atom is -0.382 e. The molecule has 4 nitrogen and oxygen atoms in total. The maximum absolute atomic E-state index is 11.5. The average Bonchev–Trinajstić information content (AvgIpc) is 2.31. The summed E-state index contributed by atoms with van der Waals surface area (Å²) in [5.41, 5.74) is 5.39. The Balaban J connectivity index is 2.13. The van der Waals surface area contributed by atoms with Crippen molar-refractivity contribution in [3.8, 4) is 0 Å². The van der Waals surface area contributed by atoms with Crippen molar-refractivity contribution in [1.29, 1.82) is 0 Å². The zero-order chi connectivity index (χ0) is 8.55. The van der Waals surface area contributed by atoms with E-state index in [9.17, 15) is 4.79 Å². The number of carbonyl (C=O) groups excluding carboxylic acids is 1. The predicted molar refractivity (Wildman–Crippen MR) is 44.6 cm³/mol. The Morgan fingerprint density at radius 3 is 2.83 bits per heavy atom. The molecule has 0 bridgehead atoms. The lowest BCUT2D eigenvalue weighted by molar-refractivity contribution is 0.0747. The van der Waals surface area contributed by atoms with E-state index in [0.29, 0.717) is 5.82 Å². The Labute approximate surface area is 70.4 Å². The Morgan fingerprint density at radius 1 is 1.67 bits per heavy atom. The van der Waals surface area contributed by atoms with Crippen molar-refractivity contribution in [2.24, 2.45) is 5.92 Å². The normalized spacial score (nSPS) is 17.3. The molecular formula is C8H11N3O. The van der Waals surface area contributed by atoms with Crippen LogP contribution < -0.4 is 5.73 Å². The summed E-state index contributed by atoms with van der Waals surface area (Å²) in [6.07, 6.45) is 4.78. The monoisotopic (exact) mass is 165 g/mol. The number of rotatable bonds is 1. The Kier molecular flexibility index (Phi) is 1.60. The third-order valence-electron chi connectivity index (χ3n) is 2.29. The van der Waals surface area contributed by atoms with E-state index in [2.05, 4.69) is 5.10 Å². The molecule has 0 amide bonds. The summed E-state index contributed by atoms with van der Waals surface area (Å²) in [4.78, 5) is 11.5. The molecule has 2 rings (SSSR count). The van der Waals surface area contributed by atoms with Crippen LogP contribution in [0.15, 0.2) is 12.3 Å². The molecule has 0 atom stereocenters. The summed E-state index contributed by atoms with van der Waals surface area (Å²) < 4.78 is 1.35. The molecule has 0 saturated heterocycles. The van der Waals surface area contributed by atoms with Gasteiger partial charge in [0.1, 0.15) is 5.82 Å². The van der Waals surface area contributed by atoms with Gasteiger partial charge in [-0.1, -0.05) is 6.42 Å². The topological polar surface area (TPSA) is 60.9 Å². The van der Waals surface area contributed by atoms with Crippen LogP contribution in [-0.4, -0.2) is 15.7 Å². The van der Waals surface area contributed by atoms with Crippen molar-refractivity contribution in [3.05, 3.63) is 12.3 Å². The number of nitrogens with zero attached hydrogens (tertiary/aromatic N) is 2. The molecule has 1 aliphatic carbocycles. The highest BCUT2D eigenvalue weighted by molar-refractivity contribution is 5.81. The maximum atomic E-state index is 11.5. The largest absolute Gasteiger partial charge is 0.382 e. The van der Waals surface area contributed by atoms with E-state index in [4.69, 9.17) is 5.73 Å². The number of hydrogen-bond acceptors (Lipinski definition) is 3. The van der Waals surface area contributed by atoms with E-state index in [-0.39, 0.29) is 11.8 Å². The summed E-state index contributed by atoms with van der Waals surface area (Å²) in [7, 11) is 0. The van der Waals surface area contributed by atoms with E-state index >= 15 is 0 Å². The van der Waals surface area contributed by atoms with Gasteiger partial charge in [-0.3, -0.25) is 4.79 Å². The zero-order valence-electron chi connectivity index (χ0n) is 6.73. The van der Waals surface area contributed by atoms with Gasteiger partial charge in [-0.25, -0.2) is 4.68 Å². The van der Waals surface area contributed by atoms with Crippen LogP contribution in [0.1, 0.15) is 24.1 Å². The minimum absolute atomic E-state index is 0.0814. The molecule has 1 aromatic heterocycles. The highest BCUT2D eigenvalue weighted by Gasteiger charge is 2.26. The lowest BCUT2D eigenvalue weighted by Gasteiger charge is -2.22. The van der Waals surface area contributed by atoms with Gasteiger partial charge in [0, 0.05) is 18.2 Å². The SMILES string of the molecule is Nc1ccn(C(=O)C2CCC2)n1. The van der Waals surface area contributed by atoms with E-state index in [0.717, 1.165) is 19.3 Å². The number of hydrogen-bond donors (Lipinski definition) is 1. The Hall–Kier alpha value is -1.32. The highest BCUT2D eigenvalue weighted by atomic mass is 16.2. The molecule has 0 unspecified atom stereocenters. The van der Waals surface area contributed by atoms with Crippen LogP contribution in [0.3, 0.4) is 0 Å². The number of anilines is 1. The van der Waals surface area contributed by atoms with Gasteiger partial charge in [-0.05, 0) is 12.8 Å². The molecule has 64 valence electrons. The van der Waals surface area contributed by atoms with E-state index < -0.39 is 0 Å². The molecule has 1 aliphatic rings. The van der Waals surface area contributed by atoms with Gasteiger partial charge in [0.15, 0.2) is 0 Å². The first-order chi connectivity index (χ1) is 5.77. The number of nitrogen functional groups attached to an aromatic ring is 1. The fourth-order valence-electron chi connectivity index (χ4n) is 1.30. The van der Waals surface area contributed by atoms with E-state index in [1.807, 2.05) is 0 Å². The molecule has 0 aliphatic heterocycles. The molecule has 1 heterocycles. The minimum atomic E-state index is 0.0814. The van der Waals surface area contributed by atoms with Crippen LogP contribution in [0.4, 0.5) is 5.82 Å². The molecule has 1 saturated carbocycles. The van der Waals surface area contributed by atoms with Gasteiger partial charge in [0.2, 0.25) is 5.91 Å². The number of nitrogens with two attached hydrogens (primary N) is 1. The van der Waals surface area contributed by atoms with Crippen molar-refractivity contribution in [2.75, 3.05) is 5.73 Å². The van der Waals surface area contributed by atoms with Crippen molar-refractivity contribution in [3.63, 3.8) is 0 Å². The second-order valence-electron chi connectivity index (χ2n) is 3.15. The number of carbonyl (C=O) groups is 1. The fraction of sp³-hybridized carbons (Fsp3) is 0.500. The van der Waals surface area contributed by atoms with Gasteiger partial charge < -0.3 is 5.73 Å². The summed E-state index contributed by atoms with van der Waals surface area (Å²) in [5, 5.41) is 3.86. The first-order valence-corrected chi connectivity index (χ1v) is 4.13. The molecule has 0 radical (unpaired) electrons. The van der Waals surface area contributed by atoms with E-state index in [1.165, 1.54) is 4.68 Å². The molecule has 1 aromatic rings. The second kappa shape index (κ2) is 2.62. The molecule has 4 heteroatoms. The summed E-state index contributed by atoms with van der Waals surface area (Å²) >= 11 is 0. The van der Waals surface area contributed by atoms with Gasteiger partial charge in [0.05, 0.1) is 0 Å². The first kappa shape index (κ1) is 7.34. The molecule has 0 spiro atoms. The van der Waals surface area contributed by atoms with Crippen LogP contribution in [0.25, 0.3) is 0 Å². The second-order valence-corrected chi connectivity index (χ2v) is 3.15. The standard InChI is InChI=1S/C8H11N3O/c9-7-4-5-11(10-7)8(12)6-2-1-3-6/h4-6H,1-3H2,(H2,9,10). The number of aromatic nitrogens is 2. The molecule has 12 heavy (non-hydrogen) atoms. The van der Waals surface area contributed by atoms with Gasteiger partial charge >= 0.3 is 0 Å². The third-order valence-corrected chi connectivity index (χ3v) is 2.29. The van der Waals surface area contributed by atoms with Crippen LogP contribution >= 0.6 is 0 Å². The zero-order valence-corrected chi connectivity index (χ0v) is 6.73. The quantitative estimate of drug-likeness (QED) is 0.672. The molecule has 0 aromatic carbocycles. The van der Waals surface area contributed by atoms with Crippen LogP contribution in [0.2, 0.25) is 0 Å². The van der Waals surface area contributed by atoms with Crippen molar-refractivity contribution >= 4 is 11.7 Å².